The van der Waals surface area contributed by atoms with E-state index < -0.39 is 0 Å². The third-order valence-electron chi connectivity index (χ3n) is 4.02. The Morgan fingerprint density at radius 2 is 2.33 bits per heavy atom. The molecule has 1 aliphatic heterocycles. The van der Waals surface area contributed by atoms with Gasteiger partial charge in [-0.1, -0.05) is 0 Å². The Hall–Kier alpha value is -0.870. The van der Waals surface area contributed by atoms with E-state index in [9.17, 15) is 9.90 Å². The highest BCUT2D eigenvalue weighted by molar-refractivity contribution is 7.14. The Kier molecular flexibility index (Phi) is 3.39. The molecular weight excluding hydrogens is 246 g/mol. The van der Waals surface area contributed by atoms with E-state index in [0.29, 0.717) is 0 Å². The van der Waals surface area contributed by atoms with Crippen molar-refractivity contribution in [3.05, 3.63) is 21.4 Å². The molecule has 0 radical (unpaired) electrons. The molecule has 3 nitrogen and oxygen atoms in total. The van der Waals surface area contributed by atoms with Gasteiger partial charge in [0, 0.05) is 24.6 Å². The number of aryl methyl sites for hydroxylation is 2. The molecule has 0 spiro atoms. The van der Waals surface area contributed by atoms with Crippen molar-refractivity contribution in [1.29, 1.82) is 0 Å². The lowest BCUT2D eigenvalue weighted by Crippen LogP contribution is -2.40. The summed E-state index contributed by atoms with van der Waals surface area (Å²) in [5, 5.41) is 9.22. The van der Waals surface area contributed by atoms with Crippen LogP contribution in [-0.4, -0.2) is 35.6 Å². The molecule has 1 atom stereocenters. The SMILES string of the molecule is O=C(c1cc2c(s1)CCC2)N1CCCC(CO)C1. The fourth-order valence-corrected chi connectivity index (χ4v) is 4.21. The average Bonchev–Trinajstić information content (AvgIpc) is 2.98. The molecule has 1 aliphatic carbocycles. The summed E-state index contributed by atoms with van der Waals surface area (Å²) in [7, 11) is 0. The second kappa shape index (κ2) is 5.02. The smallest absolute Gasteiger partial charge is 0.263 e. The molecule has 2 aliphatic rings. The lowest BCUT2D eigenvalue weighted by molar-refractivity contribution is 0.0625. The van der Waals surface area contributed by atoms with Gasteiger partial charge in [0.15, 0.2) is 0 Å². The van der Waals surface area contributed by atoms with Crippen molar-refractivity contribution >= 4 is 17.2 Å². The van der Waals surface area contributed by atoms with Gasteiger partial charge in [-0.25, -0.2) is 0 Å². The highest BCUT2D eigenvalue weighted by Crippen LogP contribution is 2.31. The van der Waals surface area contributed by atoms with Crippen LogP contribution in [0.25, 0.3) is 0 Å². The first kappa shape index (κ1) is 12.2. The van der Waals surface area contributed by atoms with Crippen LogP contribution in [0.15, 0.2) is 6.07 Å². The first-order valence-corrected chi connectivity index (χ1v) is 7.61. The lowest BCUT2D eigenvalue weighted by Gasteiger charge is -2.31. The molecule has 1 saturated heterocycles. The Bertz CT molecular complexity index is 433. The third kappa shape index (κ3) is 2.19. The maximum absolute atomic E-state index is 12.4. The van der Waals surface area contributed by atoms with E-state index in [1.54, 1.807) is 11.3 Å². The zero-order valence-electron chi connectivity index (χ0n) is 10.5. The van der Waals surface area contributed by atoms with Crippen LogP contribution in [0.3, 0.4) is 0 Å². The Morgan fingerprint density at radius 1 is 1.44 bits per heavy atom. The quantitative estimate of drug-likeness (QED) is 0.889. The highest BCUT2D eigenvalue weighted by Gasteiger charge is 2.26. The van der Waals surface area contributed by atoms with Gasteiger partial charge < -0.3 is 10.0 Å². The summed E-state index contributed by atoms with van der Waals surface area (Å²) in [6, 6.07) is 2.10. The van der Waals surface area contributed by atoms with Gasteiger partial charge in [0.25, 0.3) is 5.91 Å². The van der Waals surface area contributed by atoms with Crippen LogP contribution < -0.4 is 0 Å². The van der Waals surface area contributed by atoms with Gasteiger partial charge in [0.05, 0.1) is 4.88 Å². The number of hydrogen-bond acceptors (Lipinski definition) is 3. The molecule has 1 aromatic heterocycles. The first-order chi connectivity index (χ1) is 8.78. The maximum atomic E-state index is 12.4. The van der Waals surface area contributed by atoms with Crippen LogP contribution in [-0.2, 0) is 12.8 Å². The molecule has 0 bridgehead atoms. The topological polar surface area (TPSA) is 40.5 Å². The number of amides is 1. The van der Waals surface area contributed by atoms with Gasteiger partial charge in [0.1, 0.15) is 0 Å². The second-order valence-corrected chi connectivity index (χ2v) is 6.49. The number of rotatable bonds is 2. The minimum absolute atomic E-state index is 0.174. The van der Waals surface area contributed by atoms with Crippen LogP contribution in [0.4, 0.5) is 0 Å². The van der Waals surface area contributed by atoms with Crippen LogP contribution in [0.1, 0.15) is 39.4 Å². The summed E-state index contributed by atoms with van der Waals surface area (Å²) >= 11 is 1.68. The number of aliphatic hydroxyl groups excluding tert-OH is 1. The van der Waals surface area contributed by atoms with Gasteiger partial charge >= 0.3 is 0 Å². The molecule has 2 heterocycles. The number of aliphatic hydroxyl groups is 1. The number of hydrogen-bond donors (Lipinski definition) is 1. The maximum Gasteiger partial charge on any atom is 0.263 e. The largest absolute Gasteiger partial charge is 0.396 e. The van der Waals surface area contributed by atoms with Crippen molar-refractivity contribution < 1.29 is 9.90 Å². The van der Waals surface area contributed by atoms with Crippen LogP contribution in [0.2, 0.25) is 0 Å². The second-order valence-electron chi connectivity index (χ2n) is 5.35. The van der Waals surface area contributed by atoms with Crippen LogP contribution >= 0.6 is 11.3 Å². The van der Waals surface area contributed by atoms with Gasteiger partial charge in [-0.2, -0.15) is 0 Å². The van der Waals surface area contributed by atoms with Gasteiger partial charge in [-0.3, -0.25) is 4.79 Å². The van der Waals surface area contributed by atoms with Crippen LogP contribution in [0.5, 0.6) is 0 Å². The predicted molar refractivity (Wildman–Crippen MR) is 72.1 cm³/mol. The molecule has 0 aromatic carbocycles. The van der Waals surface area contributed by atoms with Crippen LogP contribution in [0, 0.1) is 5.92 Å². The number of nitrogens with zero attached hydrogens (tertiary/aromatic N) is 1. The molecule has 1 N–H and O–H groups in total. The van der Waals surface area contributed by atoms with Crippen molar-refractivity contribution in [3.8, 4) is 0 Å². The van der Waals surface area contributed by atoms with E-state index in [4.69, 9.17) is 0 Å². The minimum Gasteiger partial charge on any atom is -0.396 e. The van der Waals surface area contributed by atoms with E-state index in [1.165, 1.54) is 16.9 Å². The van der Waals surface area contributed by atoms with Crippen molar-refractivity contribution in [2.24, 2.45) is 5.92 Å². The Labute approximate surface area is 111 Å². The average molecular weight is 265 g/mol. The molecule has 3 rings (SSSR count). The summed E-state index contributed by atoms with van der Waals surface area (Å²) in [4.78, 5) is 16.7. The molecule has 18 heavy (non-hydrogen) atoms. The number of likely N-dealkylation sites (tertiary alicyclic amines) is 1. The number of piperidine rings is 1. The van der Waals surface area contributed by atoms with Gasteiger partial charge in [0.2, 0.25) is 0 Å². The zero-order chi connectivity index (χ0) is 12.5. The van der Waals surface area contributed by atoms with Gasteiger partial charge in [-0.15, -0.1) is 11.3 Å². The molecule has 1 unspecified atom stereocenters. The van der Waals surface area contributed by atoms with Gasteiger partial charge in [-0.05, 0) is 49.7 Å². The molecule has 98 valence electrons. The molecular formula is C14H19NO2S. The highest BCUT2D eigenvalue weighted by atomic mass is 32.1. The number of carbonyl (C=O) groups excluding carboxylic acids is 1. The molecule has 1 aromatic rings. The third-order valence-corrected chi connectivity index (χ3v) is 5.25. The molecule has 1 fully saturated rings. The van der Waals surface area contributed by atoms with E-state index in [-0.39, 0.29) is 18.4 Å². The standard InChI is InChI=1S/C14H19NO2S/c16-9-10-3-2-6-15(8-10)14(17)13-7-11-4-1-5-12(11)18-13/h7,10,16H,1-6,8-9H2. The summed E-state index contributed by atoms with van der Waals surface area (Å²) in [5.41, 5.74) is 1.39. The normalized spacial score (nSPS) is 23.2. The van der Waals surface area contributed by atoms with Crippen molar-refractivity contribution in [3.63, 3.8) is 0 Å². The summed E-state index contributed by atoms with van der Waals surface area (Å²) < 4.78 is 0. The minimum atomic E-state index is 0.174. The monoisotopic (exact) mass is 265 g/mol. The van der Waals surface area contributed by atoms with E-state index in [1.807, 2.05) is 4.90 Å². The fourth-order valence-electron chi connectivity index (χ4n) is 2.99. The number of fused-ring (bicyclic) bond motifs is 1. The van der Waals surface area contributed by atoms with Crippen molar-refractivity contribution in [1.82, 2.24) is 4.90 Å². The molecule has 4 heteroatoms. The van der Waals surface area contributed by atoms with E-state index >= 15 is 0 Å². The number of carbonyl (C=O) groups is 1. The zero-order valence-corrected chi connectivity index (χ0v) is 11.3. The Balaban J connectivity index is 1.73. The Morgan fingerprint density at radius 3 is 3.11 bits per heavy atom. The number of thiophene rings is 1. The van der Waals surface area contributed by atoms with E-state index in [2.05, 4.69) is 6.07 Å². The predicted octanol–water partition coefficient (Wildman–Crippen LogP) is 2.08. The lowest BCUT2D eigenvalue weighted by atomic mass is 9.99. The first-order valence-electron chi connectivity index (χ1n) is 6.79. The fraction of sp³-hybridized carbons (Fsp3) is 0.643. The van der Waals surface area contributed by atoms with Crippen molar-refractivity contribution in [2.75, 3.05) is 19.7 Å². The summed E-state index contributed by atoms with van der Waals surface area (Å²) in [6.07, 6.45) is 5.58. The van der Waals surface area contributed by atoms with E-state index in [0.717, 1.165) is 43.6 Å². The van der Waals surface area contributed by atoms with Crippen molar-refractivity contribution in [2.45, 2.75) is 32.1 Å². The molecule has 0 saturated carbocycles. The summed E-state index contributed by atoms with van der Waals surface area (Å²) in [6.45, 7) is 1.76. The molecule has 1 amide bonds. The summed E-state index contributed by atoms with van der Waals surface area (Å²) in [5.74, 6) is 0.446.